The van der Waals surface area contributed by atoms with E-state index in [1.54, 1.807) is 0 Å². The van der Waals surface area contributed by atoms with Crippen LogP contribution < -0.4 is 15.5 Å². The first kappa shape index (κ1) is 21.7. The number of benzene rings is 2. The van der Waals surface area contributed by atoms with Gasteiger partial charge in [-0.05, 0) is 48.1 Å². The topological polar surface area (TPSA) is 70.7 Å². The Morgan fingerprint density at radius 3 is 2.40 bits per heavy atom. The van der Waals surface area contributed by atoms with Crippen LogP contribution in [0.15, 0.2) is 54.6 Å². The highest BCUT2D eigenvalue weighted by Gasteiger charge is 2.25. The molecule has 6 nitrogen and oxygen atoms in total. The van der Waals surface area contributed by atoms with Crippen molar-refractivity contribution in [1.29, 1.82) is 0 Å². The van der Waals surface area contributed by atoms with Crippen LogP contribution in [0.2, 0.25) is 0 Å². The van der Waals surface area contributed by atoms with E-state index in [2.05, 4.69) is 22.5 Å². The van der Waals surface area contributed by atoms with Gasteiger partial charge < -0.3 is 20.3 Å². The first-order chi connectivity index (χ1) is 14.4. The van der Waals surface area contributed by atoms with Gasteiger partial charge >= 0.3 is 6.09 Å². The number of hydrogen-bond acceptors (Lipinski definition) is 4. The summed E-state index contributed by atoms with van der Waals surface area (Å²) in [4.78, 5) is 27.3. The summed E-state index contributed by atoms with van der Waals surface area (Å²) in [6.07, 6.45) is 0.604. The van der Waals surface area contributed by atoms with Crippen molar-refractivity contribution < 1.29 is 14.3 Å². The first-order valence-corrected chi connectivity index (χ1v) is 10.6. The fourth-order valence-corrected chi connectivity index (χ4v) is 3.57. The number of rotatable bonds is 7. The number of nitrogens with one attached hydrogen (secondary N) is 2. The van der Waals surface area contributed by atoms with Crippen LogP contribution in [0.5, 0.6) is 0 Å². The van der Waals surface area contributed by atoms with Gasteiger partial charge in [0.25, 0.3) is 0 Å². The maximum atomic E-state index is 12.8. The second kappa shape index (κ2) is 10.1. The molecule has 0 radical (unpaired) electrons. The molecule has 1 unspecified atom stereocenters. The molecule has 1 aliphatic rings. The smallest absolute Gasteiger partial charge is 0.408 e. The SMILES string of the molecule is CC1CCN(c2ccc(NC(=O)[C@@H](NC(=O)OCc3ccccc3)C(C)C)cc2)C1. The van der Waals surface area contributed by atoms with Crippen molar-refractivity contribution in [3.63, 3.8) is 0 Å². The number of alkyl carbamates (subject to hydrolysis) is 1. The number of carbonyl (C=O) groups excluding carboxylic acids is 2. The fraction of sp³-hybridized carbons (Fsp3) is 0.417. The summed E-state index contributed by atoms with van der Waals surface area (Å²) in [7, 11) is 0. The van der Waals surface area contributed by atoms with E-state index < -0.39 is 12.1 Å². The highest BCUT2D eigenvalue weighted by atomic mass is 16.5. The number of amides is 2. The molecule has 2 atom stereocenters. The van der Waals surface area contributed by atoms with E-state index >= 15 is 0 Å². The van der Waals surface area contributed by atoms with Gasteiger partial charge in [0.15, 0.2) is 0 Å². The monoisotopic (exact) mass is 409 g/mol. The molecule has 2 aromatic carbocycles. The van der Waals surface area contributed by atoms with Crippen molar-refractivity contribution in [2.75, 3.05) is 23.3 Å². The predicted octanol–water partition coefficient (Wildman–Crippen LogP) is 4.42. The zero-order chi connectivity index (χ0) is 21.5. The lowest BCUT2D eigenvalue weighted by Crippen LogP contribution is -2.47. The van der Waals surface area contributed by atoms with Crippen molar-refractivity contribution in [3.8, 4) is 0 Å². The fourth-order valence-electron chi connectivity index (χ4n) is 3.57. The number of carbonyl (C=O) groups is 2. The molecule has 1 heterocycles. The Kier molecular flexibility index (Phi) is 7.33. The molecule has 1 saturated heterocycles. The second-order valence-electron chi connectivity index (χ2n) is 8.30. The molecule has 0 bridgehead atoms. The number of hydrogen-bond donors (Lipinski definition) is 2. The van der Waals surface area contributed by atoms with Crippen LogP contribution in [-0.4, -0.2) is 31.1 Å². The van der Waals surface area contributed by atoms with Gasteiger partial charge in [-0.15, -0.1) is 0 Å². The predicted molar refractivity (Wildman–Crippen MR) is 119 cm³/mol. The number of nitrogens with zero attached hydrogens (tertiary/aromatic N) is 1. The maximum Gasteiger partial charge on any atom is 0.408 e. The van der Waals surface area contributed by atoms with Gasteiger partial charge in [0.2, 0.25) is 5.91 Å². The molecule has 6 heteroatoms. The molecule has 160 valence electrons. The molecule has 0 aromatic heterocycles. The molecule has 2 amide bonds. The Hall–Kier alpha value is -3.02. The Labute approximate surface area is 178 Å². The summed E-state index contributed by atoms with van der Waals surface area (Å²) in [5.41, 5.74) is 2.77. The quantitative estimate of drug-likeness (QED) is 0.710. The van der Waals surface area contributed by atoms with E-state index in [0.717, 1.165) is 18.7 Å². The molecular formula is C24H31N3O3. The summed E-state index contributed by atoms with van der Waals surface area (Å²) in [6, 6.07) is 16.6. The lowest BCUT2D eigenvalue weighted by Gasteiger charge is -2.22. The van der Waals surface area contributed by atoms with Crippen LogP contribution in [0.25, 0.3) is 0 Å². The van der Waals surface area contributed by atoms with Crippen LogP contribution in [0, 0.1) is 11.8 Å². The lowest BCUT2D eigenvalue weighted by molar-refractivity contribution is -0.119. The van der Waals surface area contributed by atoms with Crippen molar-refractivity contribution in [2.24, 2.45) is 11.8 Å². The van der Waals surface area contributed by atoms with Gasteiger partial charge in [0, 0.05) is 24.5 Å². The molecule has 2 N–H and O–H groups in total. The molecule has 3 rings (SSSR count). The molecular weight excluding hydrogens is 378 g/mol. The van der Waals surface area contributed by atoms with E-state index in [4.69, 9.17) is 4.74 Å². The molecule has 1 aliphatic heterocycles. The minimum atomic E-state index is -0.688. The Morgan fingerprint density at radius 2 is 1.80 bits per heavy atom. The van der Waals surface area contributed by atoms with E-state index in [9.17, 15) is 9.59 Å². The average Bonchev–Trinajstić information content (AvgIpc) is 3.17. The van der Waals surface area contributed by atoms with E-state index in [1.165, 1.54) is 12.1 Å². The van der Waals surface area contributed by atoms with Gasteiger partial charge in [0.05, 0.1) is 0 Å². The van der Waals surface area contributed by atoms with Crippen LogP contribution in [-0.2, 0) is 16.1 Å². The van der Waals surface area contributed by atoms with Crippen molar-refractivity contribution in [3.05, 3.63) is 60.2 Å². The molecule has 0 spiro atoms. The first-order valence-electron chi connectivity index (χ1n) is 10.6. The van der Waals surface area contributed by atoms with Gasteiger partial charge in [-0.25, -0.2) is 4.79 Å². The summed E-state index contributed by atoms with van der Waals surface area (Å²) >= 11 is 0. The Morgan fingerprint density at radius 1 is 1.10 bits per heavy atom. The van der Waals surface area contributed by atoms with Crippen molar-refractivity contribution in [1.82, 2.24) is 5.32 Å². The van der Waals surface area contributed by atoms with Gasteiger partial charge in [-0.3, -0.25) is 4.79 Å². The van der Waals surface area contributed by atoms with E-state index in [1.807, 2.05) is 68.4 Å². The minimum Gasteiger partial charge on any atom is -0.445 e. The molecule has 0 aliphatic carbocycles. The highest BCUT2D eigenvalue weighted by molar-refractivity contribution is 5.96. The van der Waals surface area contributed by atoms with Crippen LogP contribution in [0.4, 0.5) is 16.2 Å². The van der Waals surface area contributed by atoms with Crippen molar-refractivity contribution in [2.45, 2.75) is 39.8 Å². The summed E-state index contributed by atoms with van der Waals surface area (Å²) in [5.74, 6) is 0.368. The zero-order valence-corrected chi connectivity index (χ0v) is 17.9. The minimum absolute atomic E-state index is 0.0837. The highest BCUT2D eigenvalue weighted by Crippen LogP contribution is 2.25. The summed E-state index contributed by atoms with van der Waals surface area (Å²) in [6.45, 7) is 8.33. The molecule has 2 aromatic rings. The third-order valence-electron chi connectivity index (χ3n) is 5.36. The summed E-state index contributed by atoms with van der Waals surface area (Å²) < 4.78 is 5.25. The number of anilines is 2. The van der Waals surface area contributed by atoms with Crippen LogP contribution in [0.1, 0.15) is 32.8 Å². The maximum absolute atomic E-state index is 12.8. The van der Waals surface area contributed by atoms with Gasteiger partial charge in [0.1, 0.15) is 12.6 Å². The van der Waals surface area contributed by atoms with Crippen LogP contribution in [0.3, 0.4) is 0 Å². The second-order valence-corrected chi connectivity index (χ2v) is 8.30. The lowest BCUT2D eigenvalue weighted by atomic mass is 10.0. The van der Waals surface area contributed by atoms with Gasteiger partial charge in [-0.2, -0.15) is 0 Å². The standard InChI is InChI=1S/C24H31N3O3/c1-17(2)22(26-24(29)30-16-19-7-5-4-6-8-19)23(28)25-20-9-11-21(12-10-20)27-14-13-18(3)15-27/h4-12,17-18,22H,13-16H2,1-3H3,(H,25,28)(H,26,29)/t18?,22-/m0/s1. The van der Waals surface area contributed by atoms with E-state index in [-0.39, 0.29) is 18.4 Å². The molecule has 1 fully saturated rings. The van der Waals surface area contributed by atoms with Gasteiger partial charge in [-0.1, -0.05) is 51.1 Å². The zero-order valence-electron chi connectivity index (χ0n) is 17.9. The number of ether oxygens (including phenoxy) is 1. The van der Waals surface area contributed by atoms with Crippen molar-refractivity contribution >= 4 is 23.4 Å². The average molecular weight is 410 g/mol. The Bertz CT molecular complexity index is 837. The molecule has 0 saturated carbocycles. The largest absolute Gasteiger partial charge is 0.445 e. The third kappa shape index (κ3) is 5.99. The normalized spacial score (nSPS) is 16.9. The van der Waals surface area contributed by atoms with E-state index in [0.29, 0.717) is 11.6 Å². The Balaban J connectivity index is 1.53. The third-order valence-corrected chi connectivity index (χ3v) is 5.36. The summed E-state index contributed by atoms with van der Waals surface area (Å²) in [5, 5.41) is 5.59. The molecule has 30 heavy (non-hydrogen) atoms. The van der Waals surface area contributed by atoms with Crippen LogP contribution >= 0.6 is 0 Å².